The summed E-state index contributed by atoms with van der Waals surface area (Å²) in [5, 5.41) is 0. The maximum absolute atomic E-state index is 13.2. The van der Waals surface area contributed by atoms with E-state index in [0.29, 0.717) is 69.2 Å². The first-order chi connectivity index (χ1) is 16.4. The molecule has 5 rings (SSSR count). The molecule has 3 aliphatic heterocycles. The minimum Gasteiger partial charge on any atom is -0.486 e. The summed E-state index contributed by atoms with van der Waals surface area (Å²) in [4.78, 5) is 42.8. The predicted octanol–water partition coefficient (Wildman–Crippen LogP) is 3.55. The maximum Gasteiger partial charge on any atom is 0.239 e. The third-order valence-electron chi connectivity index (χ3n) is 7.31. The molecule has 0 aliphatic carbocycles. The molecule has 7 heteroatoms. The first kappa shape index (κ1) is 22.4. The number of ether oxygens (including phenoxy) is 2. The lowest BCUT2D eigenvalue weighted by Gasteiger charge is -2.32. The normalized spacial score (nSPS) is 20.5. The highest BCUT2D eigenvalue weighted by Crippen LogP contribution is 2.33. The van der Waals surface area contributed by atoms with Crippen molar-refractivity contribution < 1.29 is 23.9 Å². The molecular weight excluding hydrogens is 432 g/mol. The number of ketones is 1. The Labute approximate surface area is 199 Å². The molecule has 2 aromatic rings. The van der Waals surface area contributed by atoms with Gasteiger partial charge in [-0.05, 0) is 74.6 Å². The SMILES string of the molecule is Cc1ccc(N2CCC(C(=O)N3CCC(C(=O)c4ccc5c(c4)OCCO5)CC3)C2=O)cc1C. The Hall–Kier alpha value is -3.35. The summed E-state index contributed by atoms with van der Waals surface area (Å²) < 4.78 is 11.1. The van der Waals surface area contributed by atoms with Gasteiger partial charge in [-0.3, -0.25) is 14.4 Å². The Bertz CT molecular complexity index is 1140. The summed E-state index contributed by atoms with van der Waals surface area (Å²) in [6, 6.07) is 11.3. The van der Waals surface area contributed by atoms with Crippen LogP contribution in [-0.4, -0.2) is 55.3 Å². The van der Waals surface area contributed by atoms with E-state index in [9.17, 15) is 14.4 Å². The van der Waals surface area contributed by atoms with E-state index in [0.717, 1.165) is 11.3 Å². The third-order valence-corrected chi connectivity index (χ3v) is 7.31. The Morgan fingerprint density at radius 2 is 1.59 bits per heavy atom. The van der Waals surface area contributed by atoms with Crippen LogP contribution >= 0.6 is 0 Å². The number of fused-ring (bicyclic) bond motifs is 1. The van der Waals surface area contributed by atoms with Gasteiger partial charge in [0.05, 0.1) is 0 Å². The molecule has 178 valence electrons. The zero-order chi connectivity index (χ0) is 23.8. The van der Waals surface area contributed by atoms with Gasteiger partial charge in [0.15, 0.2) is 17.3 Å². The fourth-order valence-corrected chi connectivity index (χ4v) is 5.07. The van der Waals surface area contributed by atoms with Gasteiger partial charge in [0.2, 0.25) is 11.8 Å². The van der Waals surface area contributed by atoms with Crippen molar-refractivity contribution in [1.82, 2.24) is 4.90 Å². The second-order valence-corrected chi connectivity index (χ2v) is 9.42. The lowest BCUT2D eigenvalue weighted by atomic mass is 9.88. The van der Waals surface area contributed by atoms with Crippen LogP contribution < -0.4 is 14.4 Å². The number of anilines is 1. The van der Waals surface area contributed by atoms with Gasteiger partial charge in [0.25, 0.3) is 0 Å². The van der Waals surface area contributed by atoms with E-state index in [1.54, 1.807) is 28.0 Å². The summed E-state index contributed by atoms with van der Waals surface area (Å²) in [6.07, 6.45) is 1.72. The molecule has 1 unspecified atom stereocenters. The van der Waals surface area contributed by atoms with Crippen LogP contribution in [0.1, 0.15) is 40.7 Å². The van der Waals surface area contributed by atoms with Gasteiger partial charge < -0.3 is 19.3 Å². The van der Waals surface area contributed by atoms with Crippen LogP contribution in [0.15, 0.2) is 36.4 Å². The Morgan fingerprint density at radius 3 is 2.32 bits per heavy atom. The van der Waals surface area contributed by atoms with Gasteiger partial charge in [-0.1, -0.05) is 6.07 Å². The predicted molar refractivity (Wildman–Crippen MR) is 127 cm³/mol. The minimum atomic E-state index is -0.633. The summed E-state index contributed by atoms with van der Waals surface area (Å²) in [7, 11) is 0. The number of aryl methyl sites for hydroxylation is 2. The smallest absolute Gasteiger partial charge is 0.239 e. The molecule has 0 saturated carbocycles. The van der Waals surface area contributed by atoms with Crippen LogP contribution in [0.4, 0.5) is 5.69 Å². The van der Waals surface area contributed by atoms with E-state index >= 15 is 0 Å². The highest BCUT2D eigenvalue weighted by Gasteiger charge is 2.41. The molecule has 0 bridgehead atoms. The number of carbonyl (C=O) groups excluding carboxylic acids is 3. The largest absolute Gasteiger partial charge is 0.486 e. The molecule has 7 nitrogen and oxygen atoms in total. The van der Waals surface area contributed by atoms with Gasteiger partial charge in [-0.25, -0.2) is 0 Å². The quantitative estimate of drug-likeness (QED) is 0.513. The molecular formula is C27H30N2O5. The number of amides is 2. The average molecular weight is 463 g/mol. The van der Waals surface area contributed by atoms with E-state index in [2.05, 4.69) is 0 Å². The van der Waals surface area contributed by atoms with E-state index < -0.39 is 5.92 Å². The fourth-order valence-electron chi connectivity index (χ4n) is 5.07. The monoisotopic (exact) mass is 462 g/mol. The van der Waals surface area contributed by atoms with Crippen LogP contribution in [0, 0.1) is 25.7 Å². The molecule has 2 aromatic carbocycles. The molecule has 2 amide bonds. The van der Waals surface area contributed by atoms with Crippen molar-refractivity contribution in [3.63, 3.8) is 0 Å². The fraction of sp³-hybridized carbons (Fsp3) is 0.444. The lowest BCUT2D eigenvalue weighted by molar-refractivity contribution is -0.140. The standard InChI is InChI=1S/C27H30N2O5/c1-17-3-5-21(15-18(17)2)29-12-9-22(27(29)32)26(31)28-10-7-19(8-11-28)25(30)20-4-6-23-24(16-20)34-14-13-33-23/h3-6,15-16,19,22H,7-14H2,1-2H3. The van der Waals surface area contributed by atoms with Crippen molar-refractivity contribution >= 4 is 23.3 Å². The summed E-state index contributed by atoms with van der Waals surface area (Å²) in [6.45, 7) is 6.60. The van der Waals surface area contributed by atoms with Gasteiger partial charge in [-0.2, -0.15) is 0 Å². The zero-order valence-electron chi connectivity index (χ0n) is 19.7. The molecule has 0 N–H and O–H groups in total. The molecule has 2 fully saturated rings. The number of piperidine rings is 1. The van der Waals surface area contributed by atoms with Crippen molar-refractivity contribution in [2.75, 3.05) is 37.7 Å². The van der Waals surface area contributed by atoms with Crippen LogP contribution in [0.3, 0.4) is 0 Å². The molecule has 0 spiro atoms. The molecule has 0 radical (unpaired) electrons. The first-order valence-corrected chi connectivity index (χ1v) is 12.0. The number of Topliss-reactive ketones (excluding diaryl/α,β-unsaturated/α-hetero) is 1. The number of carbonyl (C=O) groups is 3. The molecule has 34 heavy (non-hydrogen) atoms. The summed E-state index contributed by atoms with van der Waals surface area (Å²) in [5.41, 5.74) is 3.78. The molecule has 1 atom stereocenters. The molecule has 0 aromatic heterocycles. The maximum atomic E-state index is 13.2. The highest BCUT2D eigenvalue weighted by atomic mass is 16.6. The van der Waals surface area contributed by atoms with Gasteiger partial charge >= 0.3 is 0 Å². The highest BCUT2D eigenvalue weighted by molar-refractivity contribution is 6.09. The second kappa shape index (κ2) is 9.12. The number of benzene rings is 2. The van der Waals surface area contributed by atoms with Gasteiger partial charge in [-0.15, -0.1) is 0 Å². The van der Waals surface area contributed by atoms with E-state index in [4.69, 9.17) is 9.47 Å². The minimum absolute atomic E-state index is 0.0712. The number of hydrogen-bond acceptors (Lipinski definition) is 5. The van der Waals surface area contributed by atoms with Crippen LogP contribution in [0.5, 0.6) is 11.5 Å². The van der Waals surface area contributed by atoms with Gasteiger partial charge in [0, 0.05) is 36.8 Å². The summed E-state index contributed by atoms with van der Waals surface area (Å²) in [5.74, 6) is 0.341. The average Bonchev–Trinajstić information content (AvgIpc) is 3.25. The number of rotatable bonds is 4. The summed E-state index contributed by atoms with van der Waals surface area (Å²) >= 11 is 0. The van der Waals surface area contributed by atoms with Gasteiger partial charge in [0.1, 0.15) is 19.1 Å². The van der Waals surface area contributed by atoms with E-state index in [1.807, 2.05) is 32.0 Å². The van der Waals surface area contributed by atoms with Crippen LogP contribution in [0.25, 0.3) is 0 Å². The van der Waals surface area contributed by atoms with Crippen LogP contribution in [-0.2, 0) is 9.59 Å². The number of nitrogens with zero attached hydrogens (tertiary/aromatic N) is 2. The topological polar surface area (TPSA) is 76.2 Å². The Morgan fingerprint density at radius 1 is 0.853 bits per heavy atom. The lowest BCUT2D eigenvalue weighted by Crippen LogP contribution is -2.45. The second-order valence-electron chi connectivity index (χ2n) is 9.42. The molecule has 3 aliphatic rings. The van der Waals surface area contributed by atoms with Crippen molar-refractivity contribution in [2.45, 2.75) is 33.1 Å². The van der Waals surface area contributed by atoms with Crippen molar-refractivity contribution in [3.8, 4) is 11.5 Å². The Balaban J connectivity index is 1.19. The van der Waals surface area contributed by atoms with Crippen molar-refractivity contribution in [3.05, 3.63) is 53.1 Å². The van der Waals surface area contributed by atoms with Crippen molar-refractivity contribution in [2.24, 2.45) is 11.8 Å². The number of likely N-dealkylation sites (tertiary alicyclic amines) is 1. The molecule has 2 saturated heterocycles. The number of hydrogen-bond donors (Lipinski definition) is 0. The van der Waals surface area contributed by atoms with E-state index in [-0.39, 0.29) is 23.5 Å². The van der Waals surface area contributed by atoms with E-state index in [1.165, 1.54) is 5.56 Å². The zero-order valence-corrected chi connectivity index (χ0v) is 19.7. The first-order valence-electron chi connectivity index (χ1n) is 12.0. The molecule has 3 heterocycles. The van der Waals surface area contributed by atoms with Crippen LogP contribution in [0.2, 0.25) is 0 Å². The third kappa shape index (κ3) is 4.15. The van der Waals surface area contributed by atoms with Crippen molar-refractivity contribution in [1.29, 1.82) is 0 Å². The Kier molecular flexibility index (Phi) is 6.02.